The summed E-state index contributed by atoms with van der Waals surface area (Å²) < 4.78 is 58.5. The molecule has 0 bridgehead atoms. The highest BCUT2D eigenvalue weighted by Gasteiger charge is 2.54. The number of hydrogen-bond acceptors (Lipinski definition) is 27. The van der Waals surface area contributed by atoms with Gasteiger partial charge in [-0.15, -0.1) is 0 Å². The Kier molecular flexibility index (Phi) is 16.9. The van der Waals surface area contributed by atoms with Crippen LogP contribution in [-0.2, 0) is 42.7 Å². The minimum absolute atomic E-state index is 0.0405. The van der Waals surface area contributed by atoms with Gasteiger partial charge in [0.1, 0.15) is 101 Å². The van der Waals surface area contributed by atoms with Gasteiger partial charge in [-0.3, -0.25) is 4.79 Å². The van der Waals surface area contributed by atoms with E-state index in [1.807, 2.05) is 0 Å². The molecule has 4 aliphatic rings. The van der Waals surface area contributed by atoms with Crippen molar-refractivity contribution in [1.29, 1.82) is 0 Å². The number of phenolic OH excluding ortho intramolecular Hbond substituents is 5. The SMILES string of the molecule is CC1O[C@@H](OC2[C@H](Oc3c(-c4ccc(O)c(O)c4)oc4cc(O)cc(O)c4c3=O)OC(CO[C@@H]3OC(C)[C@H](OC(=O)/C=C/c4ccc(O)cc4)C(O[C@@H]4OC(CO)[C@@H](O)[C@H](O)C4O)[C@@H]3O)[C@H](O)[C@@H]2O)[C@@H](O)C(O)[C@H]1O. The molecule has 0 radical (unpaired) electrons. The van der Waals surface area contributed by atoms with Crippen LogP contribution >= 0.6 is 0 Å². The van der Waals surface area contributed by atoms with E-state index >= 15 is 0 Å². The maximum Gasteiger partial charge on any atom is 0.331 e. The van der Waals surface area contributed by atoms with Crippen LogP contribution in [0.2, 0.25) is 0 Å². The summed E-state index contributed by atoms with van der Waals surface area (Å²) in [6.07, 6.45) is -34.4. The van der Waals surface area contributed by atoms with Crippen molar-refractivity contribution in [2.45, 2.75) is 137 Å². The van der Waals surface area contributed by atoms with E-state index in [-0.39, 0.29) is 11.3 Å². The molecule has 8 rings (SSSR count). The van der Waals surface area contributed by atoms with Crippen molar-refractivity contribution in [3.05, 3.63) is 76.5 Å². The van der Waals surface area contributed by atoms with Gasteiger partial charge in [-0.1, -0.05) is 12.1 Å². The molecule has 8 unspecified atom stereocenters. The molecule has 27 nitrogen and oxygen atoms in total. The van der Waals surface area contributed by atoms with Crippen LogP contribution in [0.3, 0.4) is 0 Å². The number of aromatic hydroxyl groups is 5. The van der Waals surface area contributed by atoms with Crippen molar-refractivity contribution in [3.8, 4) is 45.8 Å². The largest absolute Gasteiger partial charge is 0.508 e. The molecule has 75 heavy (non-hydrogen) atoms. The van der Waals surface area contributed by atoms with Crippen LogP contribution in [0.4, 0.5) is 0 Å². The first kappa shape index (κ1) is 55.4. The number of aliphatic hydroxyl groups excluding tert-OH is 10. The Morgan fingerprint density at radius 3 is 1.89 bits per heavy atom. The number of carbonyl (C=O) groups is 1. The molecule has 4 aliphatic heterocycles. The summed E-state index contributed by atoms with van der Waals surface area (Å²) in [7, 11) is 0. The molecule has 3 aromatic carbocycles. The summed E-state index contributed by atoms with van der Waals surface area (Å²) in [5.41, 5.74) is -1.28. The number of benzene rings is 3. The van der Waals surface area contributed by atoms with Crippen LogP contribution in [0.5, 0.6) is 34.5 Å². The van der Waals surface area contributed by atoms with Crippen molar-refractivity contribution in [2.75, 3.05) is 13.2 Å². The van der Waals surface area contributed by atoms with Crippen molar-refractivity contribution >= 4 is 23.0 Å². The third kappa shape index (κ3) is 11.5. The van der Waals surface area contributed by atoms with Gasteiger partial charge in [0.25, 0.3) is 0 Å². The molecule has 0 spiro atoms. The summed E-state index contributed by atoms with van der Waals surface area (Å²) in [4.78, 5) is 27.6. The second-order valence-electron chi connectivity index (χ2n) is 18.2. The number of carbonyl (C=O) groups excluding carboxylic acids is 1. The van der Waals surface area contributed by atoms with Crippen LogP contribution in [-0.4, -0.2) is 219 Å². The number of ether oxygens (including phenoxy) is 9. The lowest BCUT2D eigenvalue weighted by Gasteiger charge is -2.47. The molecule has 20 atom stereocenters. The van der Waals surface area contributed by atoms with E-state index < -0.39 is 193 Å². The molecule has 4 fully saturated rings. The van der Waals surface area contributed by atoms with Gasteiger partial charge in [-0.2, -0.15) is 0 Å². The molecule has 0 amide bonds. The summed E-state index contributed by atoms with van der Waals surface area (Å²) in [5, 5.41) is 159. The zero-order valence-corrected chi connectivity index (χ0v) is 39.4. The Morgan fingerprint density at radius 1 is 0.587 bits per heavy atom. The molecular weight excluding hydrogens is 1010 g/mol. The Hall–Kier alpha value is -5.80. The van der Waals surface area contributed by atoms with Crippen LogP contribution in [0.1, 0.15) is 19.4 Å². The molecule has 15 N–H and O–H groups in total. The van der Waals surface area contributed by atoms with Gasteiger partial charge in [-0.05, 0) is 55.8 Å². The Labute approximate surface area is 422 Å². The summed E-state index contributed by atoms with van der Waals surface area (Å²) >= 11 is 0. The average Bonchev–Trinajstić information content (AvgIpc) is 3.38. The first-order chi connectivity index (χ1) is 35.6. The van der Waals surface area contributed by atoms with Crippen molar-refractivity contribution in [3.63, 3.8) is 0 Å². The van der Waals surface area contributed by atoms with E-state index in [2.05, 4.69) is 0 Å². The lowest BCUT2D eigenvalue weighted by Crippen LogP contribution is -2.66. The van der Waals surface area contributed by atoms with E-state index in [1.54, 1.807) is 0 Å². The summed E-state index contributed by atoms with van der Waals surface area (Å²) in [6.45, 7) is 0.915. The van der Waals surface area contributed by atoms with E-state index in [1.165, 1.54) is 50.3 Å². The lowest BCUT2D eigenvalue weighted by atomic mass is 9.96. The van der Waals surface area contributed by atoms with Gasteiger partial charge in [0, 0.05) is 23.8 Å². The summed E-state index contributed by atoms with van der Waals surface area (Å²) in [6, 6.07) is 10.6. The zero-order chi connectivity index (χ0) is 54.3. The lowest BCUT2D eigenvalue weighted by molar-refractivity contribution is -0.368. The molecule has 5 heterocycles. The molecule has 27 heteroatoms. The number of fused-ring (bicyclic) bond motifs is 1. The Balaban J connectivity index is 1.10. The molecule has 4 saturated heterocycles. The number of rotatable bonds is 14. The fraction of sp³-hybridized carbons (Fsp3) is 0.500. The van der Waals surface area contributed by atoms with Crippen molar-refractivity contribution in [1.82, 2.24) is 0 Å². The Morgan fingerprint density at radius 2 is 1.21 bits per heavy atom. The predicted octanol–water partition coefficient (Wildman–Crippen LogP) is -3.04. The molecule has 0 aliphatic carbocycles. The highest BCUT2D eigenvalue weighted by atomic mass is 16.8. The third-order valence-corrected chi connectivity index (χ3v) is 13.0. The fourth-order valence-corrected chi connectivity index (χ4v) is 8.80. The molecule has 4 aromatic rings. The van der Waals surface area contributed by atoms with Gasteiger partial charge in [0.15, 0.2) is 48.3 Å². The number of esters is 1. The highest BCUT2D eigenvalue weighted by Crippen LogP contribution is 2.41. The van der Waals surface area contributed by atoms with Gasteiger partial charge >= 0.3 is 5.97 Å². The normalized spacial score (nSPS) is 36.4. The number of phenols is 5. The van der Waals surface area contributed by atoms with Gasteiger partial charge < -0.3 is 124 Å². The second-order valence-corrected chi connectivity index (χ2v) is 18.2. The third-order valence-electron chi connectivity index (χ3n) is 13.0. The minimum Gasteiger partial charge on any atom is -0.508 e. The van der Waals surface area contributed by atoms with Crippen molar-refractivity contribution < 1.29 is 128 Å². The quantitative estimate of drug-likeness (QED) is 0.0339. The van der Waals surface area contributed by atoms with Crippen LogP contribution in [0.25, 0.3) is 28.4 Å². The molecule has 1 aromatic heterocycles. The van der Waals surface area contributed by atoms with Gasteiger partial charge in [0.2, 0.25) is 17.5 Å². The van der Waals surface area contributed by atoms with Gasteiger partial charge in [-0.25, -0.2) is 4.79 Å². The zero-order valence-electron chi connectivity index (χ0n) is 39.4. The standard InChI is InChI=1S/C48H56O27/c1-16-30(56)34(60)37(63)46(67-16)75-44-36(62)32(58)27(71-48(44)74-42-33(59)29-24(54)12-21(51)13-25(29)69-41(42)19-6-9-22(52)23(53)11-19)15-66-45-39(65)43(73-47-38(64)35(61)31(57)26(14-49)70-47)40(17(2)68-45)72-28(55)10-5-18-3-7-20(50)8-4-18/h3-13,16-17,26-27,30-32,34-40,43-54,56-58,60-65H,14-15H2,1-2H3/b10-5+/t16?,17?,26?,27?,30-,31+,32-,34?,35-,36-,37-,38?,39-,40-,43?,44?,45+,46-,47-,48-/m0/s1. The number of aliphatic hydroxyl groups is 10. The van der Waals surface area contributed by atoms with E-state index in [0.29, 0.717) is 5.56 Å². The maximum atomic E-state index is 14.4. The smallest absolute Gasteiger partial charge is 0.331 e. The fourth-order valence-electron chi connectivity index (χ4n) is 8.80. The second kappa shape index (κ2) is 22.8. The molecule has 410 valence electrons. The number of hydrogen-bond donors (Lipinski definition) is 15. The first-order valence-electron chi connectivity index (χ1n) is 23.2. The average molecular weight is 1060 g/mol. The molecule has 0 saturated carbocycles. The summed E-state index contributed by atoms with van der Waals surface area (Å²) in [5.74, 6) is -5.11. The maximum absolute atomic E-state index is 14.4. The topological polar surface area (TPSA) is 434 Å². The van der Waals surface area contributed by atoms with E-state index in [9.17, 15) is 86.2 Å². The van der Waals surface area contributed by atoms with E-state index in [4.69, 9.17) is 47.0 Å². The van der Waals surface area contributed by atoms with Crippen LogP contribution < -0.4 is 10.2 Å². The predicted molar refractivity (Wildman–Crippen MR) is 245 cm³/mol. The van der Waals surface area contributed by atoms with Gasteiger partial charge in [0.05, 0.1) is 25.4 Å². The monoisotopic (exact) mass is 1060 g/mol. The minimum atomic E-state index is -2.19. The van der Waals surface area contributed by atoms with E-state index in [0.717, 1.165) is 30.3 Å². The Bertz CT molecular complexity index is 2710. The van der Waals surface area contributed by atoms with Crippen LogP contribution in [0.15, 0.2) is 69.9 Å². The first-order valence-corrected chi connectivity index (χ1v) is 23.2. The van der Waals surface area contributed by atoms with Crippen LogP contribution in [0, 0.1) is 0 Å². The highest BCUT2D eigenvalue weighted by molar-refractivity contribution is 5.88. The van der Waals surface area contributed by atoms with Crippen molar-refractivity contribution in [2.24, 2.45) is 0 Å². The molecular formula is C48H56O27.